The van der Waals surface area contributed by atoms with Gasteiger partial charge in [0, 0.05) is 16.0 Å². The van der Waals surface area contributed by atoms with Crippen LogP contribution in [0.3, 0.4) is 0 Å². The van der Waals surface area contributed by atoms with Gasteiger partial charge in [-0.2, -0.15) is 0 Å². The smallest absolute Gasteiger partial charge is 0.0314 e. The van der Waals surface area contributed by atoms with Crippen molar-refractivity contribution in [3.63, 3.8) is 0 Å². The van der Waals surface area contributed by atoms with E-state index in [0.29, 0.717) is 0 Å². The van der Waals surface area contributed by atoms with Gasteiger partial charge < -0.3 is 5.73 Å². The van der Waals surface area contributed by atoms with Crippen LogP contribution in [0.2, 0.25) is 0 Å². The first-order valence-corrected chi connectivity index (χ1v) is 5.69. The number of nitrogen functional groups attached to an aromatic ring is 1. The van der Waals surface area contributed by atoms with Crippen molar-refractivity contribution in [2.24, 2.45) is 0 Å². The largest absolute Gasteiger partial charge is 0.399 e. The van der Waals surface area contributed by atoms with Gasteiger partial charge in [0.25, 0.3) is 0 Å². The van der Waals surface area contributed by atoms with Gasteiger partial charge in [-0.25, -0.2) is 0 Å². The third-order valence-corrected chi connectivity index (χ3v) is 3.14. The van der Waals surface area contributed by atoms with E-state index < -0.39 is 0 Å². The maximum atomic E-state index is 5.69. The van der Waals surface area contributed by atoms with Gasteiger partial charge in [0.05, 0.1) is 0 Å². The normalized spacial score (nSPS) is 24.0. The summed E-state index contributed by atoms with van der Waals surface area (Å²) in [5.74, 6) is 0. The molecule has 0 amide bonds. The van der Waals surface area contributed by atoms with Crippen LogP contribution in [0.15, 0.2) is 59.6 Å². The van der Waals surface area contributed by atoms with Gasteiger partial charge >= 0.3 is 0 Å². The van der Waals surface area contributed by atoms with Crippen LogP contribution in [0.1, 0.15) is 12.5 Å². The lowest BCUT2D eigenvalue weighted by Gasteiger charge is -2.22. The fourth-order valence-electron chi connectivity index (χ4n) is 1.75. The predicted octanol–water partition coefficient (Wildman–Crippen LogP) is 3.47. The van der Waals surface area contributed by atoms with E-state index in [2.05, 4.69) is 43.8 Å². The van der Waals surface area contributed by atoms with E-state index in [-0.39, 0.29) is 5.41 Å². The lowest BCUT2D eigenvalue weighted by atomic mass is 9.82. The van der Waals surface area contributed by atoms with E-state index in [1.807, 2.05) is 30.4 Å². The van der Waals surface area contributed by atoms with E-state index in [0.717, 1.165) is 10.6 Å². The van der Waals surface area contributed by atoms with Crippen LogP contribution in [0.25, 0.3) is 0 Å². The maximum Gasteiger partial charge on any atom is 0.0314 e. The molecule has 82 valence electrons. The lowest BCUT2D eigenvalue weighted by Crippen LogP contribution is -2.15. The number of nitrogens with two attached hydrogens (primary N) is 1. The Kier molecular flexibility index (Phi) is 2.92. The highest BCUT2D eigenvalue weighted by molar-refractivity contribution is 7.84. The summed E-state index contributed by atoms with van der Waals surface area (Å²) in [4.78, 5) is 0.968. The van der Waals surface area contributed by atoms with Gasteiger partial charge in [0.15, 0.2) is 0 Å². The van der Waals surface area contributed by atoms with Crippen LogP contribution >= 0.6 is 12.6 Å². The number of hydrogen-bond donors (Lipinski definition) is 2. The molecule has 0 saturated carbocycles. The second-order valence-electron chi connectivity index (χ2n) is 4.19. The summed E-state index contributed by atoms with van der Waals surface area (Å²) in [5.41, 5.74) is 7.63. The molecule has 0 radical (unpaired) electrons. The number of hydrogen-bond acceptors (Lipinski definition) is 2. The number of benzene rings is 1. The van der Waals surface area contributed by atoms with Crippen molar-refractivity contribution in [1.82, 2.24) is 0 Å². The number of anilines is 1. The summed E-state index contributed by atoms with van der Waals surface area (Å²) in [5, 5.41) is 0. The third kappa shape index (κ3) is 2.22. The molecule has 1 aliphatic rings. The molecule has 2 N–H and O–H groups in total. The van der Waals surface area contributed by atoms with Crippen LogP contribution in [0.4, 0.5) is 5.69 Å². The Balaban J connectivity index is 2.40. The van der Waals surface area contributed by atoms with E-state index in [1.54, 1.807) is 0 Å². The van der Waals surface area contributed by atoms with Crippen molar-refractivity contribution < 1.29 is 0 Å². The minimum Gasteiger partial charge on any atom is -0.399 e. The summed E-state index contributed by atoms with van der Waals surface area (Å²) in [6.45, 7) is 2.17. The Morgan fingerprint density at radius 3 is 2.50 bits per heavy atom. The summed E-state index contributed by atoms with van der Waals surface area (Å²) in [6, 6.07) is 7.99. The van der Waals surface area contributed by atoms with Gasteiger partial charge in [-0.05, 0) is 30.7 Å². The predicted molar refractivity (Wildman–Crippen MR) is 73.6 cm³/mol. The molecule has 1 atom stereocenters. The fraction of sp³-hybridized carbons (Fsp3) is 0.143. The van der Waals surface area contributed by atoms with Gasteiger partial charge in [0.2, 0.25) is 0 Å². The molecule has 1 aromatic rings. The standard InChI is InChI=1S/C14H15NS/c1-14(9-2-3-13(16)8-10-14)11-4-6-12(15)7-5-11/h2-10,16H,15H2,1H3. The van der Waals surface area contributed by atoms with Crippen LogP contribution in [0, 0.1) is 0 Å². The van der Waals surface area contributed by atoms with Crippen molar-refractivity contribution in [3.8, 4) is 0 Å². The van der Waals surface area contributed by atoms with Crippen LogP contribution in [0.5, 0.6) is 0 Å². The first-order chi connectivity index (χ1) is 7.60. The molecule has 0 aromatic heterocycles. The molecule has 0 bridgehead atoms. The van der Waals surface area contributed by atoms with Gasteiger partial charge in [-0.1, -0.05) is 36.4 Å². The van der Waals surface area contributed by atoms with Gasteiger partial charge in [-0.3, -0.25) is 0 Å². The molecule has 2 rings (SSSR count). The molecule has 1 unspecified atom stereocenters. The molecule has 1 nitrogen and oxygen atoms in total. The van der Waals surface area contributed by atoms with Crippen LogP contribution < -0.4 is 5.73 Å². The zero-order valence-electron chi connectivity index (χ0n) is 9.22. The molecule has 0 saturated heterocycles. The highest BCUT2D eigenvalue weighted by Crippen LogP contribution is 2.30. The highest BCUT2D eigenvalue weighted by atomic mass is 32.1. The topological polar surface area (TPSA) is 26.0 Å². The average Bonchev–Trinajstić information content (AvgIpc) is 2.43. The maximum absolute atomic E-state index is 5.69. The van der Waals surface area contributed by atoms with Gasteiger partial charge in [-0.15, -0.1) is 12.6 Å². The minimum absolute atomic E-state index is 0.0886. The Morgan fingerprint density at radius 2 is 1.81 bits per heavy atom. The lowest BCUT2D eigenvalue weighted by molar-refractivity contribution is 0.759. The molecule has 1 aromatic carbocycles. The highest BCUT2D eigenvalue weighted by Gasteiger charge is 2.20. The average molecular weight is 229 g/mol. The molecule has 1 aliphatic carbocycles. The molecular formula is C14H15NS. The summed E-state index contributed by atoms with van der Waals surface area (Å²) in [7, 11) is 0. The monoisotopic (exact) mass is 229 g/mol. The third-order valence-electron chi connectivity index (χ3n) is 2.84. The quantitative estimate of drug-likeness (QED) is 0.559. The number of thiol groups is 1. The first kappa shape index (κ1) is 11.1. The SMILES string of the molecule is CC1(c2ccc(N)cc2)C=CC=C(S)C=C1. The molecule has 0 fully saturated rings. The second kappa shape index (κ2) is 4.22. The Hall–Kier alpha value is -1.41. The molecule has 16 heavy (non-hydrogen) atoms. The van der Waals surface area contributed by atoms with E-state index in [1.165, 1.54) is 5.56 Å². The van der Waals surface area contributed by atoms with E-state index >= 15 is 0 Å². The summed E-state index contributed by atoms with van der Waals surface area (Å²) >= 11 is 4.34. The van der Waals surface area contributed by atoms with E-state index in [9.17, 15) is 0 Å². The molecule has 0 spiro atoms. The van der Waals surface area contributed by atoms with Crippen molar-refractivity contribution >= 4 is 18.3 Å². The Morgan fingerprint density at radius 1 is 1.12 bits per heavy atom. The number of rotatable bonds is 1. The molecule has 0 heterocycles. The van der Waals surface area contributed by atoms with Crippen molar-refractivity contribution in [2.75, 3.05) is 5.73 Å². The van der Waals surface area contributed by atoms with Crippen LogP contribution in [-0.2, 0) is 5.41 Å². The Labute approximate surface area is 102 Å². The second-order valence-corrected chi connectivity index (χ2v) is 4.71. The summed E-state index contributed by atoms with van der Waals surface area (Å²) in [6.07, 6.45) is 10.4. The zero-order chi connectivity index (χ0) is 11.6. The van der Waals surface area contributed by atoms with Crippen molar-refractivity contribution in [2.45, 2.75) is 12.3 Å². The van der Waals surface area contributed by atoms with Crippen molar-refractivity contribution in [1.29, 1.82) is 0 Å². The fourth-order valence-corrected chi connectivity index (χ4v) is 1.91. The van der Waals surface area contributed by atoms with Crippen molar-refractivity contribution in [3.05, 3.63) is 65.1 Å². The summed E-state index contributed by atoms with van der Waals surface area (Å²) < 4.78 is 0. The number of allylic oxidation sites excluding steroid dienone is 5. The molecule has 0 aliphatic heterocycles. The Bertz CT molecular complexity index is 468. The van der Waals surface area contributed by atoms with Gasteiger partial charge in [0.1, 0.15) is 0 Å². The zero-order valence-corrected chi connectivity index (χ0v) is 10.1. The molecular weight excluding hydrogens is 214 g/mol. The van der Waals surface area contributed by atoms with Crippen LogP contribution in [-0.4, -0.2) is 0 Å². The minimum atomic E-state index is -0.0886. The first-order valence-electron chi connectivity index (χ1n) is 5.24. The van der Waals surface area contributed by atoms with E-state index in [4.69, 9.17) is 5.73 Å². The molecule has 2 heteroatoms.